The van der Waals surface area contributed by atoms with Crippen molar-refractivity contribution in [3.05, 3.63) is 0 Å². The minimum absolute atomic E-state index is 0. The van der Waals surface area contributed by atoms with E-state index >= 15 is 0 Å². The van der Waals surface area contributed by atoms with Crippen LogP contribution in [0.1, 0.15) is 6.92 Å². The van der Waals surface area contributed by atoms with E-state index in [1.54, 1.807) is 0 Å². The predicted octanol–water partition coefficient (Wildman–Crippen LogP) is -3.26. The van der Waals surface area contributed by atoms with Crippen molar-refractivity contribution < 1.29 is 32.1 Å². The summed E-state index contributed by atoms with van der Waals surface area (Å²) in [6.07, 6.45) is 0. The second-order valence-electron chi connectivity index (χ2n) is 0.862. The third kappa shape index (κ3) is 337. The molecule has 3 nitrogen and oxygen atoms in total. The molecule has 0 aromatic rings. The van der Waals surface area contributed by atoms with E-state index < -0.39 is 5.97 Å². The molecule has 0 bridgehead atoms. The summed E-state index contributed by atoms with van der Waals surface area (Å²) in [4.78, 5) is 0. The van der Waals surface area contributed by atoms with E-state index in [4.69, 9.17) is 15.3 Å². The normalized spacial score (nSPS) is 10.0. The summed E-state index contributed by atoms with van der Waals surface area (Å²) in [6, 6.07) is 0. The van der Waals surface area contributed by atoms with Gasteiger partial charge in [-0.15, -0.1) is 6.92 Å². The van der Waals surface area contributed by atoms with E-state index in [0.717, 1.165) is 0 Å². The molecule has 0 spiro atoms. The zero-order valence-corrected chi connectivity index (χ0v) is 4.10. The zero-order chi connectivity index (χ0) is 4.50. The summed E-state index contributed by atoms with van der Waals surface area (Å²) in [6.45, 7) is 0.521. The van der Waals surface area contributed by atoms with Gasteiger partial charge in [-0.2, -0.15) is 0 Å². The summed E-state index contributed by atoms with van der Waals surface area (Å²) < 4.78 is 0. The molecule has 0 saturated heterocycles. The van der Waals surface area contributed by atoms with Crippen LogP contribution in [-0.4, -0.2) is 5.97 Å². The van der Waals surface area contributed by atoms with Gasteiger partial charge in [0, 0.05) is 0 Å². The molecule has 0 aliphatic heterocycles. The number of hydrogen-bond donors (Lipinski definition) is 0. The molecule has 0 N–H and O–H groups in total. The second-order valence-corrected chi connectivity index (χ2v) is 0.862. The molecule has 0 aromatic carbocycles. The van der Waals surface area contributed by atoms with E-state index in [1.165, 1.54) is 0 Å². The smallest absolute Gasteiger partial charge is 0.877 e. The molecule has 0 aromatic heterocycles. The minimum atomic E-state index is -3.25. The molecule has 0 amide bonds. The molecule has 0 heterocycles. The molecule has 0 rings (SSSR count). The third-order valence-corrected chi connectivity index (χ3v) is 0. The van der Waals surface area contributed by atoms with Gasteiger partial charge >= 0.3 is 16.8 Å². The van der Waals surface area contributed by atoms with E-state index in [0.29, 0.717) is 6.92 Å². The first-order chi connectivity index (χ1) is 2.00. The Morgan fingerprint density at radius 2 is 1.17 bits per heavy atom. The summed E-state index contributed by atoms with van der Waals surface area (Å²) in [5, 5.41) is 27.0. The number of hydrogen-bond acceptors (Lipinski definition) is 3. The molecule has 0 fully saturated rings. The molecule has 0 radical (unpaired) electrons. The standard InChI is InChI=1S/C2H3O3.Co/c1-2(3,4)5;/h1H3;/q-3;+3. The Labute approximate surface area is 45.8 Å². The summed E-state index contributed by atoms with van der Waals surface area (Å²) in [7, 11) is 0. The Bertz CT molecular complexity index is 24.3. The van der Waals surface area contributed by atoms with Crippen LogP contribution in [0.3, 0.4) is 0 Å². The molecular formula is C2H3CoO3. The molecule has 38 valence electrons. The van der Waals surface area contributed by atoms with Crippen molar-refractivity contribution in [3.8, 4) is 0 Å². The van der Waals surface area contributed by atoms with Crippen molar-refractivity contribution in [3.63, 3.8) is 0 Å². The van der Waals surface area contributed by atoms with Crippen molar-refractivity contribution >= 4 is 0 Å². The summed E-state index contributed by atoms with van der Waals surface area (Å²) in [5.74, 6) is -3.25. The Kier molecular flexibility index (Phi) is 4.08. The molecule has 0 atom stereocenters. The van der Waals surface area contributed by atoms with Crippen LogP contribution in [-0.2, 0) is 16.8 Å². The first-order valence-corrected chi connectivity index (χ1v) is 1.11. The zero-order valence-electron chi connectivity index (χ0n) is 3.06. The fraction of sp³-hybridized carbons (Fsp3) is 1.00. The molecule has 0 saturated carbocycles. The first-order valence-electron chi connectivity index (χ1n) is 1.11. The molecule has 0 aliphatic rings. The Balaban J connectivity index is 0. The molecule has 4 heteroatoms. The van der Waals surface area contributed by atoms with Gasteiger partial charge < -0.3 is 21.3 Å². The second kappa shape index (κ2) is 2.54. The van der Waals surface area contributed by atoms with E-state index in [2.05, 4.69) is 0 Å². The van der Waals surface area contributed by atoms with Crippen LogP contribution in [0.15, 0.2) is 0 Å². The topological polar surface area (TPSA) is 69.2 Å². The van der Waals surface area contributed by atoms with E-state index in [-0.39, 0.29) is 16.8 Å². The van der Waals surface area contributed by atoms with Gasteiger partial charge in [0.25, 0.3) is 0 Å². The van der Waals surface area contributed by atoms with Gasteiger partial charge in [-0.3, -0.25) is 0 Å². The molecule has 0 aliphatic carbocycles. The Morgan fingerprint density at radius 1 is 1.17 bits per heavy atom. The van der Waals surface area contributed by atoms with E-state index in [9.17, 15) is 0 Å². The maximum atomic E-state index is 8.99. The largest absolute Gasteiger partial charge is 3.00 e. The van der Waals surface area contributed by atoms with Crippen LogP contribution in [0.5, 0.6) is 0 Å². The Hall–Kier alpha value is 0.386. The quantitative estimate of drug-likeness (QED) is 0.326. The Morgan fingerprint density at radius 3 is 1.17 bits per heavy atom. The van der Waals surface area contributed by atoms with Crippen LogP contribution < -0.4 is 15.3 Å². The number of rotatable bonds is 0. The van der Waals surface area contributed by atoms with Crippen molar-refractivity contribution in [1.29, 1.82) is 0 Å². The van der Waals surface area contributed by atoms with Gasteiger partial charge in [0.05, 0.1) is 0 Å². The molecule has 6 heavy (non-hydrogen) atoms. The van der Waals surface area contributed by atoms with Gasteiger partial charge in [0.1, 0.15) is 0 Å². The van der Waals surface area contributed by atoms with Crippen LogP contribution in [0.2, 0.25) is 0 Å². The van der Waals surface area contributed by atoms with Crippen LogP contribution in [0.25, 0.3) is 0 Å². The van der Waals surface area contributed by atoms with Crippen LogP contribution >= 0.6 is 0 Å². The van der Waals surface area contributed by atoms with Gasteiger partial charge in [-0.05, 0) is 0 Å². The average molecular weight is 134 g/mol. The summed E-state index contributed by atoms with van der Waals surface area (Å²) >= 11 is 0. The first kappa shape index (κ1) is 9.63. The van der Waals surface area contributed by atoms with Gasteiger partial charge in [0.2, 0.25) is 0 Å². The van der Waals surface area contributed by atoms with Gasteiger partial charge in [-0.1, -0.05) is 0 Å². The van der Waals surface area contributed by atoms with Crippen LogP contribution in [0.4, 0.5) is 0 Å². The fourth-order valence-electron chi connectivity index (χ4n) is 0. The van der Waals surface area contributed by atoms with Crippen LogP contribution in [0, 0.1) is 0 Å². The van der Waals surface area contributed by atoms with Crippen molar-refractivity contribution in [1.82, 2.24) is 0 Å². The van der Waals surface area contributed by atoms with Gasteiger partial charge in [0.15, 0.2) is 0 Å². The van der Waals surface area contributed by atoms with Crippen molar-refractivity contribution in [2.75, 3.05) is 0 Å². The maximum absolute atomic E-state index is 8.99. The predicted molar refractivity (Wildman–Crippen MR) is 8.41 cm³/mol. The van der Waals surface area contributed by atoms with Gasteiger partial charge in [-0.25, -0.2) is 0 Å². The fourth-order valence-corrected chi connectivity index (χ4v) is 0. The van der Waals surface area contributed by atoms with E-state index in [1.807, 2.05) is 0 Å². The van der Waals surface area contributed by atoms with Crippen molar-refractivity contribution in [2.24, 2.45) is 0 Å². The summed E-state index contributed by atoms with van der Waals surface area (Å²) in [5.41, 5.74) is 0. The van der Waals surface area contributed by atoms with Crippen molar-refractivity contribution in [2.45, 2.75) is 12.9 Å². The maximum Gasteiger partial charge on any atom is 3.00 e. The third-order valence-electron chi connectivity index (χ3n) is 0. The average Bonchev–Trinajstić information content (AvgIpc) is 0.722. The molecule has 0 unspecified atom stereocenters. The minimum Gasteiger partial charge on any atom is -0.877 e. The molecular weight excluding hydrogens is 131 g/mol. The monoisotopic (exact) mass is 134 g/mol. The SMILES string of the molecule is CC([O-])([O-])[O-].[Co+3].